The average Bonchev–Trinajstić information content (AvgIpc) is 3.47. The Balaban J connectivity index is 1.40. The molecule has 5 rings (SSSR count). The lowest BCUT2D eigenvalue weighted by Gasteiger charge is -2.44. The van der Waals surface area contributed by atoms with Gasteiger partial charge in [0.2, 0.25) is 0 Å². The van der Waals surface area contributed by atoms with Gasteiger partial charge in [0.05, 0.1) is 18.8 Å². The number of hydrogen-bond acceptors (Lipinski definition) is 7. The summed E-state index contributed by atoms with van der Waals surface area (Å²) in [6.45, 7) is 4.03. The number of nitrogens with zero attached hydrogens (tertiary/aromatic N) is 3. The van der Waals surface area contributed by atoms with Crippen molar-refractivity contribution >= 4 is 27.0 Å². The maximum atomic E-state index is 13.1. The molecule has 0 spiro atoms. The number of fused-ring (bicyclic) bond motifs is 2. The number of likely N-dealkylation sites (tertiary alicyclic amines) is 1. The fourth-order valence-corrected chi connectivity index (χ4v) is 7.31. The van der Waals surface area contributed by atoms with E-state index in [0.717, 1.165) is 31.8 Å². The Morgan fingerprint density at radius 1 is 1.14 bits per heavy atom. The van der Waals surface area contributed by atoms with Gasteiger partial charge in [-0.1, -0.05) is 6.07 Å². The number of phenols is 1. The van der Waals surface area contributed by atoms with E-state index in [1.54, 1.807) is 34.0 Å². The van der Waals surface area contributed by atoms with Crippen LogP contribution >= 0.6 is 11.3 Å². The second-order valence-corrected chi connectivity index (χ2v) is 11.1. The zero-order valence-electron chi connectivity index (χ0n) is 16.1. The summed E-state index contributed by atoms with van der Waals surface area (Å²) < 4.78 is 34.0. The van der Waals surface area contributed by atoms with E-state index in [1.807, 2.05) is 12.1 Å². The van der Waals surface area contributed by atoms with Gasteiger partial charge in [0, 0.05) is 44.5 Å². The summed E-state index contributed by atoms with van der Waals surface area (Å²) in [5.41, 5.74) is 1.02. The quantitative estimate of drug-likeness (QED) is 0.772. The number of piperazine rings is 1. The molecule has 156 valence electrons. The number of phenolic OH excluding ortho intramolecular Hbond substituents is 1. The highest BCUT2D eigenvalue weighted by atomic mass is 32.2. The highest BCUT2D eigenvalue weighted by Gasteiger charge is 2.42. The van der Waals surface area contributed by atoms with E-state index in [9.17, 15) is 13.5 Å². The largest absolute Gasteiger partial charge is 0.508 e. The number of thiophene rings is 1. The predicted octanol–water partition coefficient (Wildman–Crippen LogP) is 1.81. The molecule has 29 heavy (non-hydrogen) atoms. The van der Waals surface area contributed by atoms with Crippen LogP contribution in [0, 0.1) is 0 Å². The van der Waals surface area contributed by atoms with Gasteiger partial charge in [-0.15, -0.1) is 11.3 Å². The van der Waals surface area contributed by atoms with Crippen molar-refractivity contribution in [2.24, 2.45) is 0 Å². The van der Waals surface area contributed by atoms with Crippen LogP contribution < -0.4 is 4.90 Å². The maximum absolute atomic E-state index is 13.1. The number of sulfonamides is 1. The minimum Gasteiger partial charge on any atom is -0.508 e. The van der Waals surface area contributed by atoms with E-state index >= 15 is 0 Å². The molecule has 0 saturated carbocycles. The fraction of sp³-hybridized carbons (Fsp3) is 0.500. The van der Waals surface area contributed by atoms with Gasteiger partial charge >= 0.3 is 0 Å². The smallest absolute Gasteiger partial charge is 0.252 e. The van der Waals surface area contributed by atoms with E-state index in [0.29, 0.717) is 36.0 Å². The number of anilines is 1. The lowest BCUT2D eigenvalue weighted by Crippen LogP contribution is -2.59. The van der Waals surface area contributed by atoms with Crippen molar-refractivity contribution in [1.29, 1.82) is 0 Å². The van der Waals surface area contributed by atoms with E-state index in [2.05, 4.69) is 9.80 Å². The van der Waals surface area contributed by atoms with E-state index < -0.39 is 10.0 Å². The maximum Gasteiger partial charge on any atom is 0.252 e. The summed E-state index contributed by atoms with van der Waals surface area (Å²) in [7, 11) is -3.47. The summed E-state index contributed by atoms with van der Waals surface area (Å²) in [6.07, 6.45) is 1.39. The van der Waals surface area contributed by atoms with Crippen molar-refractivity contribution in [2.45, 2.75) is 28.8 Å². The molecule has 3 saturated heterocycles. The third kappa shape index (κ3) is 3.66. The summed E-state index contributed by atoms with van der Waals surface area (Å²) in [5, 5.41) is 11.5. The van der Waals surface area contributed by atoms with Crippen molar-refractivity contribution in [3.8, 4) is 5.75 Å². The Bertz CT molecular complexity index is 949. The Morgan fingerprint density at radius 3 is 2.62 bits per heavy atom. The first-order valence-corrected chi connectivity index (χ1v) is 12.3. The lowest BCUT2D eigenvalue weighted by molar-refractivity contribution is 0.0266. The van der Waals surface area contributed by atoms with Gasteiger partial charge in [0.1, 0.15) is 9.96 Å². The van der Waals surface area contributed by atoms with Crippen LogP contribution in [-0.4, -0.2) is 80.2 Å². The van der Waals surface area contributed by atoms with Crippen molar-refractivity contribution in [2.75, 3.05) is 44.2 Å². The Hall–Kier alpha value is -1.65. The number of ether oxygens (including phenoxy) is 1. The van der Waals surface area contributed by atoms with Crippen LogP contribution in [-0.2, 0) is 14.8 Å². The van der Waals surface area contributed by atoms with Crippen LogP contribution in [0.4, 0.5) is 5.69 Å². The molecule has 7 nitrogen and oxygen atoms in total. The number of aromatic hydroxyl groups is 1. The van der Waals surface area contributed by atoms with Gasteiger partial charge in [-0.05, 0) is 42.1 Å². The molecule has 3 fully saturated rings. The van der Waals surface area contributed by atoms with Crippen LogP contribution in [0.3, 0.4) is 0 Å². The van der Waals surface area contributed by atoms with E-state index in [-0.39, 0.29) is 11.8 Å². The molecule has 3 aliphatic heterocycles. The average molecular weight is 436 g/mol. The molecule has 0 amide bonds. The van der Waals surface area contributed by atoms with Crippen LogP contribution in [0.5, 0.6) is 5.75 Å². The van der Waals surface area contributed by atoms with Crippen LogP contribution in [0.2, 0.25) is 0 Å². The van der Waals surface area contributed by atoms with Gasteiger partial charge in [0.15, 0.2) is 0 Å². The second kappa shape index (κ2) is 7.55. The molecule has 1 aromatic heterocycles. The van der Waals surface area contributed by atoms with E-state index in [1.165, 1.54) is 11.3 Å². The minimum atomic E-state index is -3.47. The number of benzene rings is 1. The summed E-state index contributed by atoms with van der Waals surface area (Å²) in [5.74, 6) is 0.234. The molecule has 9 heteroatoms. The summed E-state index contributed by atoms with van der Waals surface area (Å²) in [6, 6.07) is 11.1. The second-order valence-electron chi connectivity index (χ2n) is 7.96. The van der Waals surface area contributed by atoms with Gasteiger partial charge in [-0.2, -0.15) is 4.31 Å². The Labute approximate surface area is 175 Å². The molecule has 4 heterocycles. The predicted molar refractivity (Wildman–Crippen MR) is 112 cm³/mol. The monoisotopic (exact) mass is 435 g/mol. The normalized spacial score (nSPS) is 28.3. The van der Waals surface area contributed by atoms with Gasteiger partial charge < -0.3 is 14.7 Å². The Kier molecular flexibility index (Phi) is 5.03. The molecule has 1 aromatic carbocycles. The topological polar surface area (TPSA) is 73.3 Å². The molecule has 3 aliphatic rings. The van der Waals surface area contributed by atoms with Gasteiger partial charge in [-0.25, -0.2) is 8.42 Å². The van der Waals surface area contributed by atoms with Gasteiger partial charge in [0.25, 0.3) is 10.0 Å². The molecular formula is C20H25N3O4S2. The van der Waals surface area contributed by atoms with E-state index in [4.69, 9.17) is 4.74 Å². The van der Waals surface area contributed by atoms with Crippen molar-refractivity contribution in [3.63, 3.8) is 0 Å². The van der Waals surface area contributed by atoms with Crippen LogP contribution in [0.25, 0.3) is 0 Å². The fourth-order valence-electron chi connectivity index (χ4n) is 4.70. The van der Waals surface area contributed by atoms with Crippen LogP contribution in [0.15, 0.2) is 46.0 Å². The van der Waals surface area contributed by atoms with Gasteiger partial charge in [-0.3, -0.25) is 4.90 Å². The summed E-state index contributed by atoms with van der Waals surface area (Å²) in [4.78, 5) is 4.74. The first-order chi connectivity index (χ1) is 14.0. The highest BCUT2D eigenvalue weighted by Crippen LogP contribution is 2.31. The van der Waals surface area contributed by atoms with Crippen LogP contribution in [0.1, 0.15) is 6.42 Å². The zero-order chi connectivity index (χ0) is 20.0. The zero-order valence-corrected chi connectivity index (χ0v) is 17.7. The summed E-state index contributed by atoms with van der Waals surface area (Å²) >= 11 is 1.27. The van der Waals surface area contributed by atoms with Crippen molar-refractivity contribution in [1.82, 2.24) is 9.21 Å². The molecule has 0 unspecified atom stereocenters. The molecule has 0 radical (unpaired) electrons. The minimum absolute atomic E-state index is 0.0439. The van der Waals surface area contributed by atoms with Crippen molar-refractivity contribution < 1.29 is 18.3 Å². The first kappa shape index (κ1) is 19.3. The number of rotatable bonds is 5. The molecule has 0 aliphatic carbocycles. The molecular weight excluding hydrogens is 410 g/mol. The number of morpholine rings is 1. The molecule has 1 N–H and O–H groups in total. The number of hydrogen-bond donors (Lipinski definition) is 1. The van der Waals surface area contributed by atoms with Crippen molar-refractivity contribution in [3.05, 3.63) is 41.8 Å². The standard InChI is InChI=1S/C20H25N3O4S2/c24-18-5-3-15(4-6-18)23-8-7-22(29(25,26)20-2-1-9-28-20)12-17(23)11-21-13-19-10-16(21)14-27-19/h1-6,9,16-17,19,24H,7-8,10-14H2/t16-,17+,19-/m1/s1. The molecule has 2 aromatic rings. The Morgan fingerprint density at radius 2 is 1.97 bits per heavy atom. The SMILES string of the molecule is O=S(=O)(c1cccs1)N1CCN(c2ccc(O)cc2)[C@@H](CN2C[C@H]3C[C@@H]2CO3)C1. The first-order valence-electron chi connectivity index (χ1n) is 9.96. The third-order valence-electron chi connectivity index (χ3n) is 6.18. The molecule has 3 atom stereocenters. The lowest BCUT2D eigenvalue weighted by atomic mass is 10.1. The highest BCUT2D eigenvalue weighted by molar-refractivity contribution is 7.91. The molecule has 2 bridgehead atoms. The third-order valence-corrected chi connectivity index (χ3v) is 9.41.